The zero-order chi connectivity index (χ0) is 15.4. The maximum absolute atomic E-state index is 10.7. The summed E-state index contributed by atoms with van der Waals surface area (Å²) >= 11 is 3.43. The van der Waals surface area contributed by atoms with Gasteiger partial charge < -0.3 is 10.1 Å². The highest BCUT2D eigenvalue weighted by molar-refractivity contribution is 9.10. The van der Waals surface area contributed by atoms with Crippen molar-refractivity contribution in [3.63, 3.8) is 0 Å². The zero-order valence-corrected chi connectivity index (χ0v) is 13.3. The summed E-state index contributed by atoms with van der Waals surface area (Å²) in [7, 11) is 1.63. The summed E-state index contributed by atoms with van der Waals surface area (Å²) in [6, 6.07) is 10.6. The predicted octanol–water partition coefficient (Wildman–Crippen LogP) is 4.29. The van der Waals surface area contributed by atoms with Gasteiger partial charge in [-0.1, -0.05) is 15.9 Å². The zero-order valence-electron chi connectivity index (χ0n) is 11.7. The van der Waals surface area contributed by atoms with Crippen molar-refractivity contribution in [1.82, 2.24) is 0 Å². The Balaban J connectivity index is 2.17. The monoisotopic (exact) mass is 350 g/mol. The number of nitro groups is 1. The number of methoxy groups -OCH3 is 1. The minimum atomic E-state index is -0.395. The molecule has 6 heteroatoms. The van der Waals surface area contributed by atoms with Crippen LogP contribution in [0.15, 0.2) is 40.9 Å². The Labute approximate surface area is 131 Å². The van der Waals surface area contributed by atoms with Crippen LogP contribution >= 0.6 is 15.9 Å². The van der Waals surface area contributed by atoms with Gasteiger partial charge in [0.15, 0.2) is 0 Å². The number of non-ortho nitro benzene ring substituents is 1. The van der Waals surface area contributed by atoms with Gasteiger partial charge in [-0.15, -0.1) is 0 Å². The molecule has 2 aromatic carbocycles. The van der Waals surface area contributed by atoms with E-state index in [1.165, 1.54) is 6.07 Å². The summed E-state index contributed by atoms with van der Waals surface area (Å²) in [5, 5.41) is 14.0. The second kappa shape index (κ2) is 6.58. The van der Waals surface area contributed by atoms with Crippen LogP contribution in [0.1, 0.15) is 11.1 Å². The Hall–Kier alpha value is -2.08. The Morgan fingerprint density at radius 3 is 2.67 bits per heavy atom. The van der Waals surface area contributed by atoms with Crippen molar-refractivity contribution in [1.29, 1.82) is 0 Å². The predicted molar refractivity (Wildman–Crippen MR) is 85.9 cm³/mol. The first-order chi connectivity index (χ1) is 10.0. The van der Waals surface area contributed by atoms with E-state index in [0.717, 1.165) is 27.0 Å². The van der Waals surface area contributed by atoms with Crippen molar-refractivity contribution >= 4 is 27.3 Å². The maximum Gasteiger partial charge on any atom is 0.269 e. The van der Waals surface area contributed by atoms with Crippen LogP contribution in [0.25, 0.3) is 0 Å². The SMILES string of the molecule is COc1ccc(Br)cc1CNc1ccc([N+](=O)[O-])cc1C. The molecule has 2 aromatic rings. The quantitative estimate of drug-likeness (QED) is 0.645. The number of hydrogen-bond donors (Lipinski definition) is 1. The summed E-state index contributed by atoms with van der Waals surface area (Å²) in [5.74, 6) is 0.797. The number of nitrogens with zero attached hydrogens (tertiary/aromatic N) is 1. The third kappa shape index (κ3) is 3.72. The number of aryl methyl sites for hydroxylation is 1. The molecule has 0 aliphatic rings. The Morgan fingerprint density at radius 1 is 1.29 bits per heavy atom. The van der Waals surface area contributed by atoms with Crippen LogP contribution in [0.2, 0.25) is 0 Å². The van der Waals surface area contributed by atoms with Crippen molar-refractivity contribution < 1.29 is 9.66 Å². The van der Waals surface area contributed by atoms with Gasteiger partial charge in [-0.2, -0.15) is 0 Å². The largest absolute Gasteiger partial charge is 0.496 e. The van der Waals surface area contributed by atoms with Crippen molar-refractivity contribution in [2.24, 2.45) is 0 Å². The highest BCUT2D eigenvalue weighted by Gasteiger charge is 2.09. The number of halogens is 1. The Morgan fingerprint density at radius 2 is 2.05 bits per heavy atom. The van der Waals surface area contributed by atoms with Crippen LogP contribution in [0, 0.1) is 17.0 Å². The molecule has 0 radical (unpaired) electrons. The lowest BCUT2D eigenvalue weighted by molar-refractivity contribution is -0.384. The van der Waals surface area contributed by atoms with Gasteiger partial charge in [0.1, 0.15) is 5.75 Å². The van der Waals surface area contributed by atoms with Gasteiger partial charge in [0, 0.05) is 34.4 Å². The molecule has 0 amide bonds. The third-order valence-corrected chi connectivity index (χ3v) is 3.63. The van der Waals surface area contributed by atoms with E-state index in [1.54, 1.807) is 19.2 Å². The Kier molecular flexibility index (Phi) is 4.80. The Bertz CT molecular complexity index is 674. The van der Waals surface area contributed by atoms with Crippen LogP contribution in [-0.4, -0.2) is 12.0 Å². The van der Waals surface area contributed by atoms with E-state index in [0.29, 0.717) is 6.54 Å². The molecule has 0 heterocycles. The molecule has 0 fully saturated rings. The minimum absolute atomic E-state index is 0.0955. The number of nitro benzene ring substituents is 1. The van der Waals surface area contributed by atoms with E-state index in [9.17, 15) is 10.1 Å². The summed E-state index contributed by atoms with van der Waals surface area (Å²) in [6.07, 6.45) is 0. The first-order valence-electron chi connectivity index (χ1n) is 6.32. The molecule has 110 valence electrons. The summed E-state index contributed by atoms with van der Waals surface area (Å²) in [6.45, 7) is 2.41. The molecule has 5 nitrogen and oxygen atoms in total. The van der Waals surface area contributed by atoms with Crippen molar-refractivity contribution in [2.45, 2.75) is 13.5 Å². The van der Waals surface area contributed by atoms with Crippen molar-refractivity contribution in [3.05, 3.63) is 62.1 Å². The fraction of sp³-hybridized carbons (Fsp3) is 0.200. The highest BCUT2D eigenvalue weighted by Crippen LogP contribution is 2.26. The standard InChI is InChI=1S/C15H15BrN2O3/c1-10-7-13(18(19)20)4-5-14(10)17-9-11-8-12(16)3-6-15(11)21-2/h3-8,17H,9H2,1-2H3. The smallest absolute Gasteiger partial charge is 0.269 e. The van der Waals surface area contributed by atoms with E-state index in [2.05, 4.69) is 21.2 Å². The molecule has 0 unspecified atom stereocenters. The molecule has 0 saturated carbocycles. The summed E-state index contributed by atoms with van der Waals surface area (Å²) in [5.41, 5.74) is 2.79. The van der Waals surface area contributed by atoms with E-state index in [1.807, 2.05) is 25.1 Å². The van der Waals surface area contributed by atoms with E-state index < -0.39 is 4.92 Å². The van der Waals surface area contributed by atoms with Gasteiger partial charge in [0.25, 0.3) is 5.69 Å². The lowest BCUT2D eigenvalue weighted by Crippen LogP contribution is -2.03. The number of ether oxygens (including phenoxy) is 1. The van der Waals surface area contributed by atoms with E-state index >= 15 is 0 Å². The topological polar surface area (TPSA) is 64.4 Å². The molecule has 0 aromatic heterocycles. The fourth-order valence-electron chi connectivity index (χ4n) is 2.04. The molecule has 21 heavy (non-hydrogen) atoms. The third-order valence-electron chi connectivity index (χ3n) is 3.13. The molecular formula is C15H15BrN2O3. The average molecular weight is 351 g/mol. The van der Waals surface area contributed by atoms with Crippen LogP contribution in [0.4, 0.5) is 11.4 Å². The minimum Gasteiger partial charge on any atom is -0.496 e. The van der Waals surface area contributed by atoms with Crippen LogP contribution < -0.4 is 10.1 Å². The van der Waals surface area contributed by atoms with E-state index in [-0.39, 0.29) is 5.69 Å². The second-order valence-corrected chi connectivity index (χ2v) is 5.48. The number of hydrogen-bond acceptors (Lipinski definition) is 4. The molecule has 0 saturated heterocycles. The molecule has 0 atom stereocenters. The molecule has 0 aliphatic heterocycles. The normalized spacial score (nSPS) is 10.2. The summed E-state index contributed by atoms with van der Waals surface area (Å²) < 4.78 is 6.29. The lowest BCUT2D eigenvalue weighted by atomic mass is 10.1. The maximum atomic E-state index is 10.7. The van der Waals surface area contributed by atoms with Crippen LogP contribution in [-0.2, 0) is 6.54 Å². The molecular weight excluding hydrogens is 336 g/mol. The molecule has 2 rings (SSSR count). The molecule has 0 aliphatic carbocycles. The second-order valence-electron chi connectivity index (χ2n) is 4.57. The van der Waals surface area contributed by atoms with Crippen LogP contribution in [0.5, 0.6) is 5.75 Å². The molecule has 0 bridgehead atoms. The van der Waals surface area contributed by atoms with Gasteiger partial charge in [-0.05, 0) is 36.8 Å². The van der Waals surface area contributed by atoms with Gasteiger partial charge in [-0.3, -0.25) is 10.1 Å². The van der Waals surface area contributed by atoms with Gasteiger partial charge >= 0.3 is 0 Å². The first kappa shape index (κ1) is 15.3. The summed E-state index contributed by atoms with van der Waals surface area (Å²) in [4.78, 5) is 10.3. The van der Waals surface area contributed by atoms with Crippen molar-refractivity contribution in [3.8, 4) is 5.75 Å². The van der Waals surface area contributed by atoms with Gasteiger partial charge in [0.2, 0.25) is 0 Å². The average Bonchev–Trinajstić information content (AvgIpc) is 2.46. The molecule has 0 spiro atoms. The lowest BCUT2D eigenvalue weighted by Gasteiger charge is -2.12. The van der Waals surface area contributed by atoms with Gasteiger partial charge in [-0.25, -0.2) is 0 Å². The van der Waals surface area contributed by atoms with E-state index in [4.69, 9.17) is 4.74 Å². The molecule has 1 N–H and O–H groups in total. The number of nitrogens with one attached hydrogen (secondary N) is 1. The highest BCUT2D eigenvalue weighted by atomic mass is 79.9. The van der Waals surface area contributed by atoms with Gasteiger partial charge in [0.05, 0.1) is 12.0 Å². The first-order valence-corrected chi connectivity index (χ1v) is 7.12. The number of anilines is 1. The number of benzene rings is 2. The van der Waals surface area contributed by atoms with Crippen molar-refractivity contribution in [2.75, 3.05) is 12.4 Å². The van der Waals surface area contributed by atoms with Crippen LogP contribution in [0.3, 0.4) is 0 Å². The number of rotatable bonds is 5. The fourth-order valence-corrected chi connectivity index (χ4v) is 2.44.